The van der Waals surface area contributed by atoms with Crippen molar-refractivity contribution in [3.8, 4) is 0 Å². The predicted molar refractivity (Wildman–Crippen MR) is 236 cm³/mol. The molecule has 0 saturated carbocycles. The predicted octanol–water partition coefficient (Wildman–Crippen LogP) is 4.73. The van der Waals surface area contributed by atoms with E-state index in [4.69, 9.17) is 83.3 Å². The molecule has 61 heavy (non-hydrogen) atoms. The van der Waals surface area contributed by atoms with Gasteiger partial charge in [0.15, 0.2) is 0 Å². The van der Waals surface area contributed by atoms with E-state index >= 15 is 0 Å². The number of benzene rings is 2. The molecule has 0 spiro atoms. The number of nitrogens with one attached hydrogen (secondary N) is 6. The molecule has 322 valence electrons. The zero-order chi connectivity index (χ0) is 44.8. The molecule has 4 rings (SSSR count). The third-order valence-electron chi connectivity index (χ3n) is 8.63. The van der Waals surface area contributed by atoms with Crippen LogP contribution >= 0.6 is 69.6 Å². The summed E-state index contributed by atoms with van der Waals surface area (Å²) in [5.41, 5.74) is 0.138. The average molecular weight is 957 g/mol. The minimum absolute atomic E-state index is 0.00755. The van der Waals surface area contributed by atoms with E-state index in [1.165, 1.54) is 42.5 Å². The Balaban J connectivity index is 1.45. The van der Waals surface area contributed by atoms with Crippen LogP contribution in [0.3, 0.4) is 0 Å². The van der Waals surface area contributed by atoms with E-state index in [9.17, 15) is 28.8 Å². The number of amides is 6. The van der Waals surface area contributed by atoms with Crippen LogP contribution in [0, 0.1) is 24.0 Å². The van der Waals surface area contributed by atoms with Crippen LogP contribution in [0.4, 0.5) is 0 Å². The lowest BCUT2D eigenvalue weighted by Gasteiger charge is -2.36. The van der Waals surface area contributed by atoms with Crippen LogP contribution in [-0.2, 0) is 28.1 Å². The van der Waals surface area contributed by atoms with Gasteiger partial charge in [-0.05, 0) is 79.3 Å². The fourth-order valence-corrected chi connectivity index (χ4v) is 7.08. The summed E-state index contributed by atoms with van der Waals surface area (Å²) in [6.07, 6.45) is 0.576. The van der Waals surface area contributed by atoms with Gasteiger partial charge in [0.25, 0.3) is 17.7 Å². The zero-order valence-corrected chi connectivity index (χ0v) is 37.4. The summed E-state index contributed by atoms with van der Waals surface area (Å²) >= 11 is 36.2. The van der Waals surface area contributed by atoms with E-state index in [1.807, 2.05) is 20.8 Å². The normalized spacial score (nSPS) is 13.4. The highest BCUT2D eigenvalue weighted by Gasteiger charge is 2.45. The molecule has 0 bridgehead atoms. The summed E-state index contributed by atoms with van der Waals surface area (Å²) in [6.45, 7) is 4.71. The fourth-order valence-electron chi connectivity index (χ4n) is 5.98. The summed E-state index contributed by atoms with van der Waals surface area (Å²) < 4.78 is 18.2. The minimum atomic E-state index is -1.21. The summed E-state index contributed by atoms with van der Waals surface area (Å²) in [4.78, 5) is 77.3. The highest BCUT2D eigenvalue weighted by Crippen LogP contribution is 2.23. The van der Waals surface area contributed by atoms with E-state index in [0.717, 1.165) is 6.42 Å². The van der Waals surface area contributed by atoms with Crippen LogP contribution in [0.25, 0.3) is 0 Å². The van der Waals surface area contributed by atoms with Crippen LogP contribution in [-0.4, -0.2) is 95.3 Å². The van der Waals surface area contributed by atoms with E-state index in [-0.39, 0.29) is 65.6 Å². The van der Waals surface area contributed by atoms with Crippen LogP contribution in [0.15, 0.2) is 42.5 Å². The number of rotatable bonds is 19. The summed E-state index contributed by atoms with van der Waals surface area (Å²) in [6, 6.07) is 15.0. The molecule has 6 amide bonds. The molecule has 15 nitrogen and oxygen atoms in total. The van der Waals surface area contributed by atoms with Gasteiger partial charge in [0.05, 0.1) is 70.2 Å². The number of hydrogen-bond acceptors (Lipinski definition) is 9. The zero-order valence-electron chi connectivity index (χ0n) is 32.9. The standard InChI is InChI=1S/C37H39B3Cl6N6O9/c1-20(2)10-21(3)11-31(52-34(55)17-49-37(58)27-14-24(43)6-9-30(27)46)40-60-38(18-50-32(53)15-47-35(56)25-12-22(41)4-7-28(25)44)59-39(61-40)19-51-33(54)16-48-36(57)26-13-23(42)5-8-29(26)45/h4-5,7-8,12-14,20-21,31H,10-11,15-19H2,1-3H3,(H,47,56)(H,48,57)(H,49,58)(H,50,53)(H,51,54)(H,52,55)/t21?,31-/m0/s1. The maximum Gasteiger partial charge on any atom is 0.453 e. The SMILES string of the molecule is CC(C)CC(C)C[C@H](NC(=O)CNC(=O)c1cc(Cl)c#cc1Cl)B1OB(CNC(=O)CNC(=O)c2cc(Cl)ccc2Cl)OB(CNC(=O)CNC(=O)c2cc(Cl)ccc2Cl)O1. The number of carbonyl (C=O) groups excluding carboxylic acids is 6. The van der Waals surface area contributed by atoms with Gasteiger partial charge in [0, 0.05) is 10.0 Å². The molecule has 1 aliphatic rings. The van der Waals surface area contributed by atoms with Gasteiger partial charge in [0.1, 0.15) is 5.02 Å². The molecule has 0 aromatic heterocycles. The quantitative estimate of drug-likeness (QED) is 0.0920. The van der Waals surface area contributed by atoms with Crippen molar-refractivity contribution in [1.82, 2.24) is 31.9 Å². The molecule has 1 aliphatic heterocycles. The Bertz CT molecular complexity index is 2000. The molecule has 1 fully saturated rings. The smallest absolute Gasteiger partial charge is 0.450 e. The van der Waals surface area contributed by atoms with Crippen molar-refractivity contribution in [2.24, 2.45) is 11.8 Å². The van der Waals surface area contributed by atoms with Gasteiger partial charge in [-0.15, -0.1) is 0 Å². The van der Waals surface area contributed by atoms with Crippen molar-refractivity contribution in [2.75, 3.05) is 32.5 Å². The van der Waals surface area contributed by atoms with Crippen LogP contribution < -0.4 is 31.9 Å². The van der Waals surface area contributed by atoms with Crippen molar-refractivity contribution in [1.29, 1.82) is 0 Å². The first kappa shape index (κ1) is 49.8. The minimum Gasteiger partial charge on any atom is -0.450 e. The van der Waals surface area contributed by atoms with Crippen molar-refractivity contribution in [3.63, 3.8) is 0 Å². The Morgan fingerprint density at radius 2 is 1.07 bits per heavy atom. The lowest BCUT2D eigenvalue weighted by molar-refractivity contribution is -0.121. The van der Waals surface area contributed by atoms with E-state index in [0.29, 0.717) is 12.3 Å². The average Bonchev–Trinajstić information content (AvgIpc) is 3.21. The lowest BCUT2D eigenvalue weighted by atomic mass is 9.63. The second-order valence-corrected chi connectivity index (χ2v) is 16.6. The molecule has 0 aliphatic carbocycles. The maximum absolute atomic E-state index is 13.4. The molecule has 1 saturated heterocycles. The third kappa shape index (κ3) is 16.4. The topological polar surface area (TPSA) is 202 Å². The van der Waals surface area contributed by atoms with E-state index in [2.05, 4.69) is 44.0 Å². The summed E-state index contributed by atoms with van der Waals surface area (Å²) in [5.74, 6) is -4.33. The van der Waals surface area contributed by atoms with Gasteiger partial charge in [0.2, 0.25) is 17.7 Å². The Labute approximate surface area is 384 Å². The van der Waals surface area contributed by atoms with Crippen LogP contribution in [0.5, 0.6) is 0 Å². The van der Waals surface area contributed by atoms with Crippen LogP contribution in [0.1, 0.15) is 64.7 Å². The van der Waals surface area contributed by atoms with Crippen LogP contribution in [0.2, 0.25) is 30.1 Å². The number of carbonyl (C=O) groups is 6. The molecular weight excluding hydrogens is 918 g/mol. The first-order valence-corrected chi connectivity index (χ1v) is 21.0. The Kier molecular flexibility index (Phi) is 19.7. The second-order valence-electron chi connectivity index (χ2n) is 14.2. The van der Waals surface area contributed by atoms with Crippen molar-refractivity contribution in [2.45, 2.75) is 39.6 Å². The van der Waals surface area contributed by atoms with Gasteiger partial charge in [-0.2, -0.15) is 0 Å². The third-order valence-corrected chi connectivity index (χ3v) is 10.3. The molecule has 1 heterocycles. The van der Waals surface area contributed by atoms with Gasteiger partial charge in [-0.25, -0.2) is 0 Å². The molecule has 2 atom stereocenters. The largest absolute Gasteiger partial charge is 0.453 e. The summed E-state index contributed by atoms with van der Waals surface area (Å²) in [5, 5.41) is 16.4. The number of halogens is 6. The molecule has 0 radical (unpaired) electrons. The second kappa shape index (κ2) is 24.1. The summed E-state index contributed by atoms with van der Waals surface area (Å²) in [7, 11) is -3.62. The Morgan fingerprint density at radius 3 is 1.56 bits per heavy atom. The monoisotopic (exact) mass is 954 g/mol. The first-order chi connectivity index (χ1) is 28.9. The molecule has 3 aromatic carbocycles. The molecule has 6 N–H and O–H groups in total. The Morgan fingerprint density at radius 1 is 0.590 bits per heavy atom. The first-order valence-electron chi connectivity index (χ1n) is 18.7. The van der Waals surface area contributed by atoms with Crippen molar-refractivity contribution in [3.05, 3.63) is 101 Å². The Hall–Kier alpha value is -3.89. The molecule has 1 unspecified atom stereocenters. The fraction of sp³-hybridized carbons (Fsp3) is 0.351. The lowest BCUT2D eigenvalue weighted by Crippen LogP contribution is -2.63. The molecular formula is C37H39B3Cl6N6O9. The highest BCUT2D eigenvalue weighted by molar-refractivity contribution is 6.74. The van der Waals surface area contributed by atoms with Crippen molar-refractivity contribution < 1.29 is 42.5 Å². The van der Waals surface area contributed by atoms with Crippen molar-refractivity contribution >= 4 is 126 Å². The van der Waals surface area contributed by atoms with E-state index in [1.54, 1.807) is 0 Å². The van der Waals surface area contributed by atoms with Gasteiger partial charge in [-0.1, -0.05) is 90.4 Å². The van der Waals surface area contributed by atoms with Gasteiger partial charge >= 0.3 is 21.4 Å². The van der Waals surface area contributed by atoms with Gasteiger partial charge in [-0.3, -0.25) is 28.8 Å². The highest BCUT2D eigenvalue weighted by atomic mass is 35.5. The van der Waals surface area contributed by atoms with Gasteiger partial charge < -0.3 is 45.6 Å². The number of hydrogen-bond donors (Lipinski definition) is 6. The molecule has 24 heteroatoms. The molecule has 3 aromatic rings. The maximum atomic E-state index is 13.4. The van der Waals surface area contributed by atoms with E-state index < -0.39 is 82.4 Å².